The van der Waals surface area contributed by atoms with E-state index < -0.39 is 0 Å². The Morgan fingerprint density at radius 2 is 0.429 bits per heavy atom. The minimum Gasteiger partial charge on any atom is -0.0587 e. The van der Waals surface area contributed by atoms with Crippen molar-refractivity contribution in [3.8, 4) is 44.5 Å². The average Bonchev–Trinajstić information content (AvgIpc) is 3.00. The topological polar surface area (TPSA) is 0 Å². The highest BCUT2D eigenvalue weighted by atomic mass is 14.2. The molecule has 5 aromatic rings. The van der Waals surface area contributed by atoms with Crippen molar-refractivity contribution >= 4 is 0 Å². The molecule has 0 spiro atoms. The van der Waals surface area contributed by atoms with Gasteiger partial charge in [-0.05, 0) is 103 Å². The standard InChI is InChI=1S/C42H46/c1-27(2)31-9-17-35(18-10-31)39-25-41(37-21-13-33(14-22-37)29(5)6)42(38-23-15-34(16-24-38)30(7)8)26-40(39)36-19-11-32(12-20-36)28(3)4/h9-30H,1-8H3. The minimum atomic E-state index is 0.508. The summed E-state index contributed by atoms with van der Waals surface area (Å²) in [5, 5.41) is 0. The molecule has 0 nitrogen and oxygen atoms in total. The van der Waals surface area contributed by atoms with E-state index >= 15 is 0 Å². The van der Waals surface area contributed by atoms with Gasteiger partial charge < -0.3 is 0 Å². The van der Waals surface area contributed by atoms with E-state index in [-0.39, 0.29) is 0 Å². The number of hydrogen-bond acceptors (Lipinski definition) is 0. The SMILES string of the molecule is CC(C)c1ccc(-c2cc(-c3ccc(C(C)C)cc3)c(-c3ccc(C(C)C)cc3)cc2-c2ccc(C(C)C)cc2)cc1. The molecule has 0 atom stereocenters. The number of hydrogen-bond donors (Lipinski definition) is 0. The summed E-state index contributed by atoms with van der Waals surface area (Å²) in [5.74, 6) is 2.03. The molecule has 42 heavy (non-hydrogen) atoms. The van der Waals surface area contributed by atoms with Crippen molar-refractivity contribution in [2.24, 2.45) is 0 Å². The van der Waals surface area contributed by atoms with Gasteiger partial charge in [0.2, 0.25) is 0 Å². The van der Waals surface area contributed by atoms with Gasteiger partial charge in [-0.3, -0.25) is 0 Å². The van der Waals surface area contributed by atoms with Crippen molar-refractivity contribution in [3.63, 3.8) is 0 Å². The second-order valence-corrected chi connectivity index (χ2v) is 13.1. The van der Waals surface area contributed by atoms with E-state index in [1.165, 1.54) is 66.8 Å². The molecular weight excluding hydrogens is 504 g/mol. The Hall–Kier alpha value is -3.90. The maximum atomic E-state index is 2.44. The largest absolute Gasteiger partial charge is 0.0587 e. The van der Waals surface area contributed by atoms with E-state index in [0.717, 1.165) is 0 Å². The van der Waals surface area contributed by atoms with Gasteiger partial charge in [-0.15, -0.1) is 0 Å². The summed E-state index contributed by atoms with van der Waals surface area (Å²) in [4.78, 5) is 0. The van der Waals surface area contributed by atoms with E-state index in [2.05, 4.69) is 165 Å². The van der Waals surface area contributed by atoms with Gasteiger partial charge in [0.05, 0.1) is 0 Å². The molecule has 0 aliphatic carbocycles. The third-order valence-electron chi connectivity index (χ3n) is 8.71. The van der Waals surface area contributed by atoms with Crippen LogP contribution in [-0.4, -0.2) is 0 Å². The van der Waals surface area contributed by atoms with Crippen LogP contribution in [-0.2, 0) is 0 Å². The lowest BCUT2D eigenvalue weighted by atomic mass is 9.84. The van der Waals surface area contributed by atoms with Gasteiger partial charge in [0.1, 0.15) is 0 Å². The van der Waals surface area contributed by atoms with Crippen LogP contribution in [0.1, 0.15) is 101 Å². The fourth-order valence-electron chi connectivity index (χ4n) is 5.75. The monoisotopic (exact) mass is 550 g/mol. The lowest BCUT2D eigenvalue weighted by Crippen LogP contribution is -1.95. The smallest absolute Gasteiger partial charge is 0.00988 e. The van der Waals surface area contributed by atoms with E-state index in [1.807, 2.05) is 0 Å². The Morgan fingerprint density at radius 1 is 0.262 bits per heavy atom. The van der Waals surface area contributed by atoms with Crippen molar-refractivity contribution in [2.45, 2.75) is 79.1 Å². The first-order valence-corrected chi connectivity index (χ1v) is 15.7. The van der Waals surface area contributed by atoms with Gasteiger partial charge in [0, 0.05) is 0 Å². The predicted octanol–water partition coefficient (Wildman–Crippen LogP) is 12.8. The molecular formula is C42H46. The maximum Gasteiger partial charge on any atom is -0.00988 e. The van der Waals surface area contributed by atoms with Crippen molar-refractivity contribution in [3.05, 3.63) is 131 Å². The zero-order chi connectivity index (χ0) is 30.0. The third kappa shape index (κ3) is 6.29. The first-order chi connectivity index (χ1) is 20.1. The third-order valence-corrected chi connectivity index (χ3v) is 8.71. The summed E-state index contributed by atoms with van der Waals surface area (Å²) in [5.41, 5.74) is 15.6. The zero-order valence-electron chi connectivity index (χ0n) is 26.7. The molecule has 214 valence electrons. The molecule has 0 fully saturated rings. The van der Waals surface area contributed by atoms with Crippen molar-refractivity contribution in [2.75, 3.05) is 0 Å². The Kier molecular flexibility index (Phi) is 8.83. The van der Waals surface area contributed by atoms with Crippen LogP contribution in [0.2, 0.25) is 0 Å². The molecule has 0 aliphatic rings. The van der Waals surface area contributed by atoms with E-state index in [1.54, 1.807) is 0 Å². The highest BCUT2D eigenvalue weighted by Crippen LogP contribution is 2.43. The van der Waals surface area contributed by atoms with Gasteiger partial charge in [0.25, 0.3) is 0 Å². The van der Waals surface area contributed by atoms with E-state index in [4.69, 9.17) is 0 Å². The summed E-state index contributed by atoms with van der Waals surface area (Å²) in [6.45, 7) is 18.1. The summed E-state index contributed by atoms with van der Waals surface area (Å²) >= 11 is 0. The Morgan fingerprint density at radius 3 is 0.571 bits per heavy atom. The maximum absolute atomic E-state index is 2.44. The molecule has 0 heteroatoms. The zero-order valence-corrected chi connectivity index (χ0v) is 26.7. The first-order valence-electron chi connectivity index (χ1n) is 15.7. The second kappa shape index (κ2) is 12.5. The molecule has 0 saturated carbocycles. The summed E-state index contributed by atoms with van der Waals surface area (Å²) < 4.78 is 0. The van der Waals surface area contributed by atoms with Gasteiger partial charge in [-0.25, -0.2) is 0 Å². The molecule has 5 rings (SSSR count). The van der Waals surface area contributed by atoms with Crippen molar-refractivity contribution in [1.29, 1.82) is 0 Å². The lowest BCUT2D eigenvalue weighted by Gasteiger charge is -2.20. The number of rotatable bonds is 8. The molecule has 0 aromatic heterocycles. The minimum absolute atomic E-state index is 0.508. The molecule has 0 aliphatic heterocycles. The molecule has 0 unspecified atom stereocenters. The molecule has 0 radical (unpaired) electrons. The molecule has 0 amide bonds. The fraction of sp³-hybridized carbons (Fsp3) is 0.286. The van der Waals surface area contributed by atoms with E-state index in [9.17, 15) is 0 Å². The quantitative estimate of drug-likeness (QED) is 0.180. The highest BCUT2D eigenvalue weighted by molar-refractivity contribution is 5.95. The van der Waals surface area contributed by atoms with Gasteiger partial charge in [-0.1, -0.05) is 152 Å². The van der Waals surface area contributed by atoms with Crippen LogP contribution < -0.4 is 0 Å². The molecule has 0 saturated heterocycles. The van der Waals surface area contributed by atoms with Crippen molar-refractivity contribution < 1.29 is 0 Å². The van der Waals surface area contributed by atoms with Crippen LogP contribution in [0.4, 0.5) is 0 Å². The van der Waals surface area contributed by atoms with Crippen LogP contribution in [0.15, 0.2) is 109 Å². The predicted molar refractivity (Wildman–Crippen MR) is 185 cm³/mol. The van der Waals surface area contributed by atoms with Crippen LogP contribution in [0.3, 0.4) is 0 Å². The molecule has 0 heterocycles. The molecule has 5 aromatic carbocycles. The summed E-state index contributed by atoms with van der Waals surface area (Å²) in [6.07, 6.45) is 0. The van der Waals surface area contributed by atoms with Gasteiger partial charge in [0.15, 0.2) is 0 Å². The molecule has 0 N–H and O–H groups in total. The van der Waals surface area contributed by atoms with E-state index in [0.29, 0.717) is 23.7 Å². The lowest BCUT2D eigenvalue weighted by molar-refractivity contribution is 0.866. The molecule has 0 bridgehead atoms. The Balaban J connectivity index is 1.78. The van der Waals surface area contributed by atoms with Gasteiger partial charge >= 0.3 is 0 Å². The average molecular weight is 551 g/mol. The second-order valence-electron chi connectivity index (χ2n) is 13.1. The summed E-state index contributed by atoms with van der Waals surface area (Å²) in [7, 11) is 0. The fourth-order valence-corrected chi connectivity index (χ4v) is 5.75. The van der Waals surface area contributed by atoms with Crippen LogP contribution in [0, 0.1) is 0 Å². The van der Waals surface area contributed by atoms with Gasteiger partial charge in [-0.2, -0.15) is 0 Å². The number of benzene rings is 5. The Bertz CT molecular complexity index is 1360. The van der Waals surface area contributed by atoms with Crippen LogP contribution in [0.25, 0.3) is 44.5 Å². The normalized spacial score (nSPS) is 11.7. The highest BCUT2D eigenvalue weighted by Gasteiger charge is 2.17. The first kappa shape index (κ1) is 29.6. The van der Waals surface area contributed by atoms with Crippen LogP contribution >= 0.6 is 0 Å². The van der Waals surface area contributed by atoms with Crippen molar-refractivity contribution in [1.82, 2.24) is 0 Å². The Labute approximate surface area is 254 Å². The summed E-state index contributed by atoms with van der Waals surface area (Å²) in [6, 6.07) is 41.7. The van der Waals surface area contributed by atoms with Crippen LogP contribution in [0.5, 0.6) is 0 Å².